The van der Waals surface area contributed by atoms with Crippen molar-refractivity contribution in [2.45, 2.75) is 99.6 Å². The van der Waals surface area contributed by atoms with E-state index in [-0.39, 0.29) is 30.6 Å². The lowest BCUT2D eigenvalue weighted by molar-refractivity contribution is -0.140. The molecule has 2 saturated carbocycles. The van der Waals surface area contributed by atoms with Gasteiger partial charge in [0.25, 0.3) is 11.1 Å². The number of para-hydroxylation sites is 1. The van der Waals surface area contributed by atoms with Crippen LogP contribution in [0.15, 0.2) is 48.5 Å². The molecule has 14 heteroatoms. The summed E-state index contributed by atoms with van der Waals surface area (Å²) in [6.07, 6.45) is 6.67. The summed E-state index contributed by atoms with van der Waals surface area (Å²) in [7, 11) is -3.82. The van der Waals surface area contributed by atoms with Gasteiger partial charge < -0.3 is 20.3 Å². The van der Waals surface area contributed by atoms with E-state index in [4.69, 9.17) is 4.74 Å². The fraction of sp³-hybridized carbons (Fsp3) is 0.529. The van der Waals surface area contributed by atoms with Crippen LogP contribution in [0.4, 0.5) is 10.1 Å². The summed E-state index contributed by atoms with van der Waals surface area (Å²) in [6, 6.07) is 12.2. The fourth-order valence-corrected chi connectivity index (χ4v) is 9.33. The zero-order valence-corrected chi connectivity index (χ0v) is 28.2. The Morgan fingerprint density at radius 3 is 2.54 bits per heavy atom. The Morgan fingerprint density at radius 1 is 1.02 bits per heavy atom. The molecule has 1 aromatic heterocycles. The number of ether oxygens (including phenoxy) is 1. The maximum Gasteiger partial charge on any atom is 0.274 e. The molecule has 0 radical (unpaired) electrons. The van der Waals surface area contributed by atoms with E-state index >= 15 is 0 Å². The van der Waals surface area contributed by atoms with Crippen LogP contribution >= 0.6 is 11.3 Å². The Morgan fingerprint density at radius 2 is 1.77 bits per heavy atom. The van der Waals surface area contributed by atoms with Gasteiger partial charge in [-0.3, -0.25) is 19.1 Å². The van der Waals surface area contributed by atoms with Gasteiger partial charge in [-0.25, -0.2) is 17.8 Å². The highest BCUT2D eigenvalue weighted by Gasteiger charge is 2.62. The van der Waals surface area contributed by atoms with E-state index in [2.05, 4.69) is 20.3 Å². The second-order valence-electron chi connectivity index (χ2n) is 13.5. The van der Waals surface area contributed by atoms with E-state index in [1.54, 1.807) is 6.07 Å². The van der Waals surface area contributed by atoms with Gasteiger partial charge in [-0.2, -0.15) is 0 Å². The number of rotatable bonds is 7. The molecule has 0 unspecified atom stereocenters. The van der Waals surface area contributed by atoms with Crippen molar-refractivity contribution in [2.75, 3.05) is 11.9 Å². The molecule has 3 amide bonds. The molecule has 2 aliphatic heterocycles. The Balaban J connectivity index is 1.17. The lowest BCUT2D eigenvalue weighted by atomic mass is 10.0. The largest absolute Gasteiger partial charge is 0.465 e. The lowest BCUT2D eigenvalue weighted by Crippen LogP contribution is -2.57. The number of aromatic nitrogens is 1. The summed E-state index contributed by atoms with van der Waals surface area (Å²) in [5.74, 6) is -2.06. The Labute approximate surface area is 283 Å². The first kappa shape index (κ1) is 32.8. The molecule has 2 saturated heterocycles. The number of carbonyl (C=O) groups excluding carboxylic acids is 3. The normalized spacial score (nSPS) is 28.4. The number of benzene rings is 2. The Kier molecular flexibility index (Phi) is 9.05. The molecule has 256 valence electrons. The maximum atomic E-state index is 14.4. The van der Waals surface area contributed by atoms with Crippen molar-refractivity contribution in [3.05, 3.63) is 54.3 Å². The van der Waals surface area contributed by atoms with Gasteiger partial charge in [0, 0.05) is 12.1 Å². The molecule has 3 aromatic rings. The highest BCUT2D eigenvalue weighted by molar-refractivity contribution is 7.91. The molecule has 0 spiro atoms. The summed E-state index contributed by atoms with van der Waals surface area (Å²) >= 11 is 1.19. The average Bonchev–Trinajstić information content (AvgIpc) is 3.95. The molecule has 48 heavy (non-hydrogen) atoms. The second kappa shape index (κ2) is 13.3. The predicted octanol–water partition coefficient (Wildman–Crippen LogP) is 4.49. The molecule has 4 fully saturated rings. The van der Waals surface area contributed by atoms with Crippen molar-refractivity contribution >= 4 is 55.0 Å². The molecule has 11 nitrogen and oxygen atoms in total. The molecule has 7 rings (SSSR count). The minimum absolute atomic E-state index is 0.104. The van der Waals surface area contributed by atoms with E-state index in [0.717, 1.165) is 37.8 Å². The van der Waals surface area contributed by atoms with Crippen LogP contribution in [0.25, 0.3) is 10.2 Å². The summed E-state index contributed by atoms with van der Waals surface area (Å²) in [6.45, 7) is 0.104. The van der Waals surface area contributed by atoms with E-state index in [9.17, 15) is 27.2 Å². The van der Waals surface area contributed by atoms with Crippen LogP contribution in [0.5, 0.6) is 5.19 Å². The number of anilines is 1. The van der Waals surface area contributed by atoms with Crippen LogP contribution in [0, 0.1) is 11.7 Å². The van der Waals surface area contributed by atoms with Gasteiger partial charge in [-0.15, -0.1) is 0 Å². The Hall–Kier alpha value is -3.78. The fourth-order valence-electron chi connectivity index (χ4n) is 7.06. The summed E-state index contributed by atoms with van der Waals surface area (Å²) in [5.41, 5.74) is 0.0157. The molecule has 2 aromatic carbocycles. The first-order chi connectivity index (χ1) is 23.1. The smallest absolute Gasteiger partial charge is 0.274 e. The van der Waals surface area contributed by atoms with Crippen LogP contribution in [0.3, 0.4) is 0 Å². The van der Waals surface area contributed by atoms with Gasteiger partial charge in [0.15, 0.2) is 0 Å². The minimum atomic E-state index is -3.82. The van der Waals surface area contributed by atoms with Crippen molar-refractivity contribution in [1.29, 1.82) is 0 Å². The number of nitrogens with one attached hydrogen (secondary N) is 3. The van der Waals surface area contributed by atoms with Crippen LogP contribution in [-0.2, 0) is 24.4 Å². The topological polar surface area (TPSA) is 147 Å². The van der Waals surface area contributed by atoms with Gasteiger partial charge in [-0.1, -0.05) is 61.6 Å². The number of carbonyl (C=O) groups is 3. The molecular weight excluding hydrogens is 658 g/mol. The Bertz CT molecular complexity index is 1800. The van der Waals surface area contributed by atoms with Crippen LogP contribution in [0.2, 0.25) is 0 Å². The molecule has 5 atom stereocenters. The highest BCUT2D eigenvalue weighted by Crippen LogP contribution is 2.48. The van der Waals surface area contributed by atoms with E-state index in [0.29, 0.717) is 47.5 Å². The third-order valence-corrected chi connectivity index (χ3v) is 12.7. The number of hydrogen-bond donors (Lipinski definition) is 3. The van der Waals surface area contributed by atoms with Crippen LogP contribution < -0.4 is 20.1 Å². The number of sulfonamides is 1. The van der Waals surface area contributed by atoms with Gasteiger partial charge in [0.1, 0.15) is 29.5 Å². The molecular formula is C34H40FN5O6S2. The predicted molar refractivity (Wildman–Crippen MR) is 179 cm³/mol. The molecule has 0 bridgehead atoms. The molecule has 3 heterocycles. The summed E-state index contributed by atoms with van der Waals surface area (Å²) in [4.78, 5) is 48.2. The van der Waals surface area contributed by atoms with Crippen molar-refractivity contribution in [3.8, 4) is 5.19 Å². The standard InChI is InChI=1S/C34H40FN5O6S2/c35-22-13-16-26-29(17-22)47-33(37-26)46-24-18-28-30(41)38-34(32(43)39-48(44,45)25-14-15-25)19-21(34)9-5-2-1-3-8-12-27(31(42)40(28)20-24)36-23-10-6-4-7-11-23/h4,6-7,10-11,13,16-17,21,24-25,27-28,36H,1-3,5,8-9,12,14-15,18-20H2,(H,38,41)(H,39,43)/t21-,24-,27+,28+,34-/m1/s1. The minimum Gasteiger partial charge on any atom is -0.465 e. The van der Waals surface area contributed by atoms with Gasteiger partial charge >= 0.3 is 0 Å². The number of hydrogen-bond acceptors (Lipinski definition) is 9. The summed E-state index contributed by atoms with van der Waals surface area (Å²) < 4.78 is 48.5. The first-order valence-electron chi connectivity index (χ1n) is 16.8. The highest BCUT2D eigenvalue weighted by atomic mass is 32.2. The first-order valence-corrected chi connectivity index (χ1v) is 19.2. The number of fused-ring (bicyclic) bond motifs is 3. The third kappa shape index (κ3) is 7.00. The van der Waals surface area contributed by atoms with Crippen molar-refractivity contribution in [2.24, 2.45) is 5.92 Å². The van der Waals surface area contributed by atoms with Crippen molar-refractivity contribution in [3.63, 3.8) is 0 Å². The maximum absolute atomic E-state index is 14.4. The average molecular weight is 698 g/mol. The molecule has 4 aliphatic rings. The van der Waals surface area contributed by atoms with Crippen LogP contribution in [-0.4, -0.2) is 71.5 Å². The second-order valence-corrected chi connectivity index (χ2v) is 16.5. The van der Waals surface area contributed by atoms with E-state index < -0.39 is 50.8 Å². The number of thiazole rings is 1. The third-order valence-electron chi connectivity index (χ3n) is 9.96. The van der Waals surface area contributed by atoms with E-state index in [1.165, 1.54) is 28.4 Å². The quantitative estimate of drug-likeness (QED) is 0.328. The zero-order valence-electron chi connectivity index (χ0n) is 26.5. The van der Waals surface area contributed by atoms with E-state index in [1.807, 2.05) is 30.3 Å². The number of halogens is 1. The van der Waals surface area contributed by atoms with Crippen molar-refractivity contribution in [1.82, 2.24) is 19.9 Å². The van der Waals surface area contributed by atoms with Gasteiger partial charge in [-0.05, 0) is 68.4 Å². The number of amides is 3. The van der Waals surface area contributed by atoms with Crippen LogP contribution in [0.1, 0.15) is 70.6 Å². The zero-order chi connectivity index (χ0) is 33.5. The molecule has 3 N–H and O–H groups in total. The van der Waals surface area contributed by atoms with Gasteiger partial charge in [0.05, 0.1) is 22.0 Å². The lowest BCUT2D eigenvalue weighted by Gasteiger charge is -2.30. The molecule has 2 aliphatic carbocycles. The van der Waals surface area contributed by atoms with Gasteiger partial charge in [0.2, 0.25) is 21.8 Å². The van der Waals surface area contributed by atoms with Crippen molar-refractivity contribution < 1.29 is 31.9 Å². The summed E-state index contributed by atoms with van der Waals surface area (Å²) in [5, 5.41) is 6.05. The SMILES string of the molecule is O=C1N[C@]2(C(=O)NS(=O)(=O)C3CC3)C[C@H]2CCCCCCC[C@H](Nc2ccccc2)C(=O)N2C[C@H](Oc3nc4ccc(F)cc4s3)C[C@@H]12. The number of nitrogens with zero attached hydrogens (tertiary/aromatic N) is 2. The monoisotopic (exact) mass is 697 g/mol.